The highest BCUT2D eigenvalue weighted by Gasteiger charge is 2.28. The third-order valence-corrected chi connectivity index (χ3v) is 7.74. The van der Waals surface area contributed by atoms with Crippen LogP contribution in [0.5, 0.6) is 0 Å². The number of hydrogen-bond donors (Lipinski definition) is 1. The van der Waals surface area contributed by atoms with Gasteiger partial charge >= 0.3 is 0 Å². The molecule has 0 spiro atoms. The van der Waals surface area contributed by atoms with Gasteiger partial charge in [0.15, 0.2) is 0 Å². The van der Waals surface area contributed by atoms with Gasteiger partial charge < -0.3 is 4.52 Å². The first-order valence-corrected chi connectivity index (χ1v) is 12.1. The third-order valence-electron chi connectivity index (χ3n) is 4.50. The number of amides is 1. The Morgan fingerprint density at radius 3 is 2.52 bits per heavy atom. The molecule has 0 saturated carbocycles. The summed E-state index contributed by atoms with van der Waals surface area (Å²) < 4.78 is 31.7. The number of carbonyl (C=O) groups is 1. The van der Waals surface area contributed by atoms with Crippen LogP contribution in [0.25, 0.3) is 11.4 Å². The summed E-state index contributed by atoms with van der Waals surface area (Å²) in [6, 6.07) is 13.8. The number of benzene rings is 2. The van der Waals surface area contributed by atoms with Crippen LogP contribution in [0.4, 0.5) is 5.13 Å². The largest absolute Gasteiger partial charge is 0.338 e. The van der Waals surface area contributed by atoms with Crippen molar-refractivity contribution in [1.29, 1.82) is 0 Å². The number of aromatic nitrogens is 4. The number of halogens is 1. The molecule has 2 heterocycles. The van der Waals surface area contributed by atoms with Crippen LogP contribution in [-0.4, -0.2) is 46.0 Å². The van der Waals surface area contributed by atoms with Crippen LogP contribution < -0.4 is 5.32 Å². The van der Waals surface area contributed by atoms with E-state index in [-0.39, 0.29) is 21.9 Å². The van der Waals surface area contributed by atoms with Crippen molar-refractivity contribution in [2.24, 2.45) is 0 Å². The number of sulfonamides is 1. The summed E-state index contributed by atoms with van der Waals surface area (Å²) in [5.41, 5.74) is 2.11. The molecule has 0 unspecified atom stereocenters. The van der Waals surface area contributed by atoms with Gasteiger partial charge in [-0.25, -0.2) is 8.42 Å². The number of anilines is 1. The van der Waals surface area contributed by atoms with Gasteiger partial charge in [0.1, 0.15) is 0 Å². The van der Waals surface area contributed by atoms with Crippen LogP contribution in [0.3, 0.4) is 0 Å². The van der Waals surface area contributed by atoms with Crippen molar-refractivity contribution in [1.82, 2.24) is 24.6 Å². The van der Waals surface area contributed by atoms with E-state index in [9.17, 15) is 13.2 Å². The maximum Gasteiger partial charge on any atom is 0.272 e. The molecule has 170 valence electrons. The molecule has 0 fully saturated rings. The van der Waals surface area contributed by atoms with Crippen LogP contribution in [0.15, 0.2) is 57.4 Å². The Bertz CT molecular complexity index is 1380. The predicted molar refractivity (Wildman–Crippen MR) is 122 cm³/mol. The molecule has 33 heavy (non-hydrogen) atoms. The van der Waals surface area contributed by atoms with E-state index >= 15 is 0 Å². The van der Waals surface area contributed by atoms with E-state index in [0.29, 0.717) is 22.0 Å². The lowest BCUT2D eigenvalue weighted by atomic mass is 10.1. The predicted octanol–water partition coefficient (Wildman–Crippen LogP) is 3.62. The van der Waals surface area contributed by atoms with E-state index in [0.717, 1.165) is 21.2 Å². The van der Waals surface area contributed by atoms with Gasteiger partial charge in [0, 0.05) is 23.2 Å². The van der Waals surface area contributed by atoms with Crippen LogP contribution in [0.2, 0.25) is 5.02 Å². The molecule has 0 aliphatic rings. The molecular weight excluding hydrogens is 488 g/mol. The fourth-order valence-corrected chi connectivity index (χ4v) is 5.01. The molecule has 10 nitrogen and oxygen atoms in total. The minimum Gasteiger partial charge on any atom is -0.338 e. The number of hydrogen-bond acceptors (Lipinski definition) is 9. The van der Waals surface area contributed by atoms with E-state index in [2.05, 4.69) is 25.7 Å². The van der Waals surface area contributed by atoms with Crippen molar-refractivity contribution in [3.8, 4) is 11.4 Å². The SMILES string of the molecule is Cc1ccc(C(=O)Nc2nnc(S(=O)(=O)N(C)Cc3nc(-c4ccc(Cl)cc4)no3)s2)cc1. The van der Waals surface area contributed by atoms with Crippen molar-refractivity contribution < 1.29 is 17.7 Å². The minimum absolute atomic E-state index is 0.0652. The number of nitrogens with zero attached hydrogens (tertiary/aromatic N) is 5. The van der Waals surface area contributed by atoms with Gasteiger partial charge in [-0.15, -0.1) is 10.2 Å². The quantitative estimate of drug-likeness (QED) is 0.377. The zero-order valence-corrected chi connectivity index (χ0v) is 19.8. The van der Waals surface area contributed by atoms with E-state index in [4.69, 9.17) is 16.1 Å². The number of rotatable bonds is 7. The number of carbonyl (C=O) groups excluding carboxylic acids is 1. The van der Waals surface area contributed by atoms with Gasteiger partial charge in [-0.2, -0.15) is 9.29 Å². The summed E-state index contributed by atoms with van der Waals surface area (Å²) in [4.78, 5) is 16.6. The molecule has 4 aromatic rings. The fraction of sp³-hybridized carbons (Fsp3) is 0.150. The van der Waals surface area contributed by atoms with Gasteiger partial charge in [0.25, 0.3) is 15.9 Å². The smallest absolute Gasteiger partial charge is 0.272 e. The molecule has 1 N–H and O–H groups in total. The Morgan fingerprint density at radius 1 is 1.12 bits per heavy atom. The summed E-state index contributed by atoms with van der Waals surface area (Å²) in [5.74, 6) is -0.00281. The van der Waals surface area contributed by atoms with Crippen molar-refractivity contribution in [3.63, 3.8) is 0 Å². The first-order chi connectivity index (χ1) is 15.7. The number of nitrogens with one attached hydrogen (secondary N) is 1. The fourth-order valence-electron chi connectivity index (χ4n) is 2.68. The summed E-state index contributed by atoms with van der Waals surface area (Å²) in [6.45, 7) is 1.74. The molecule has 1 amide bonds. The molecule has 4 rings (SSSR count). The molecule has 0 saturated heterocycles. The normalized spacial score (nSPS) is 11.6. The lowest BCUT2D eigenvalue weighted by molar-refractivity contribution is 0.102. The summed E-state index contributed by atoms with van der Waals surface area (Å²) >= 11 is 6.62. The van der Waals surface area contributed by atoms with E-state index in [1.807, 2.05) is 6.92 Å². The van der Waals surface area contributed by atoms with Gasteiger partial charge in [0.05, 0.1) is 6.54 Å². The summed E-state index contributed by atoms with van der Waals surface area (Å²) in [7, 11) is -2.65. The molecule has 0 aliphatic carbocycles. The highest BCUT2D eigenvalue weighted by atomic mass is 35.5. The van der Waals surface area contributed by atoms with Crippen molar-refractivity contribution in [3.05, 3.63) is 70.6 Å². The minimum atomic E-state index is -4.00. The van der Waals surface area contributed by atoms with Gasteiger partial charge in [-0.05, 0) is 43.3 Å². The Labute approximate surface area is 198 Å². The highest BCUT2D eigenvalue weighted by Crippen LogP contribution is 2.25. The average molecular weight is 505 g/mol. The van der Waals surface area contributed by atoms with Gasteiger partial charge in [-0.1, -0.05) is 45.8 Å². The lowest BCUT2D eigenvalue weighted by Crippen LogP contribution is -2.26. The first kappa shape index (κ1) is 23.0. The second-order valence-corrected chi connectivity index (χ2v) is 10.6. The monoisotopic (exact) mass is 504 g/mol. The Morgan fingerprint density at radius 2 is 1.82 bits per heavy atom. The van der Waals surface area contributed by atoms with Gasteiger partial charge in [0.2, 0.25) is 21.2 Å². The zero-order chi connectivity index (χ0) is 23.6. The van der Waals surface area contributed by atoms with Gasteiger partial charge in [-0.3, -0.25) is 10.1 Å². The topological polar surface area (TPSA) is 131 Å². The Balaban J connectivity index is 1.44. The van der Waals surface area contributed by atoms with Crippen molar-refractivity contribution in [2.75, 3.05) is 12.4 Å². The van der Waals surface area contributed by atoms with Crippen LogP contribution in [0.1, 0.15) is 21.8 Å². The second-order valence-electron chi connectivity index (χ2n) is 6.97. The standard InChI is InChI=1S/C20H17ClN6O4S2/c1-12-3-5-14(6-4-12)18(28)23-19-24-25-20(32-19)33(29,30)27(2)11-16-22-17(26-31-16)13-7-9-15(21)10-8-13/h3-10H,11H2,1-2H3,(H,23,24,28). The third kappa shape index (κ3) is 5.25. The van der Waals surface area contributed by atoms with E-state index in [1.54, 1.807) is 48.5 Å². The van der Waals surface area contributed by atoms with Crippen molar-refractivity contribution >= 4 is 44.0 Å². The molecule has 0 radical (unpaired) electrons. The molecular formula is C20H17ClN6O4S2. The lowest BCUT2D eigenvalue weighted by Gasteiger charge is -2.11. The molecule has 0 aliphatic heterocycles. The summed E-state index contributed by atoms with van der Waals surface area (Å²) in [5, 5.41) is 14.6. The van der Waals surface area contributed by atoms with Crippen LogP contribution in [-0.2, 0) is 16.6 Å². The molecule has 0 bridgehead atoms. The maximum absolute atomic E-state index is 12.9. The molecule has 2 aromatic heterocycles. The second kappa shape index (κ2) is 9.35. The first-order valence-electron chi connectivity index (χ1n) is 9.49. The number of aryl methyl sites for hydroxylation is 1. The highest BCUT2D eigenvalue weighted by molar-refractivity contribution is 7.91. The zero-order valence-electron chi connectivity index (χ0n) is 17.4. The molecule has 0 atom stereocenters. The Hall–Kier alpha value is -3.19. The summed E-state index contributed by atoms with van der Waals surface area (Å²) in [6.07, 6.45) is 0. The average Bonchev–Trinajstić information content (AvgIpc) is 3.45. The van der Waals surface area contributed by atoms with Crippen molar-refractivity contribution in [2.45, 2.75) is 17.8 Å². The van der Waals surface area contributed by atoms with Crippen LogP contribution >= 0.6 is 22.9 Å². The van der Waals surface area contributed by atoms with E-state index in [1.165, 1.54) is 7.05 Å². The molecule has 13 heteroatoms. The van der Waals surface area contributed by atoms with Crippen LogP contribution in [0, 0.1) is 6.92 Å². The Kier molecular flexibility index (Phi) is 6.51. The maximum atomic E-state index is 12.9. The van der Waals surface area contributed by atoms with E-state index < -0.39 is 15.9 Å². The molecule has 2 aromatic carbocycles.